The molecule has 0 atom stereocenters. The van der Waals surface area contributed by atoms with Crippen LogP contribution < -0.4 is 11.0 Å². The molecule has 0 spiro atoms. The maximum atomic E-state index is 12.0. The van der Waals surface area contributed by atoms with Gasteiger partial charge < -0.3 is 14.7 Å². The number of benzene rings is 1. The standard InChI is InChI=1S/C14H17N3O2/c1-16-13-5-3-2-4-11(13)12(10-14(16)18)15-17-6-8-19-9-7-17/h2-5,10,15H,6-9H2,1H3. The first-order valence-electron chi connectivity index (χ1n) is 6.44. The van der Waals surface area contributed by atoms with Crippen LogP contribution in [0.1, 0.15) is 0 Å². The number of aromatic nitrogens is 1. The summed E-state index contributed by atoms with van der Waals surface area (Å²) in [5, 5.41) is 3.14. The van der Waals surface area contributed by atoms with Crippen molar-refractivity contribution in [2.75, 3.05) is 31.7 Å². The number of pyridine rings is 1. The van der Waals surface area contributed by atoms with Crippen LogP contribution in [0.15, 0.2) is 35.1 Å². The predicted octanol–water partition coefficient (Wildman–Crippen LogP) is 1.20. The summed E-state index contributed by atoms with van der Waals surface area (Å²) in [6.07, 6.45) is 0. The number of morpholine rings is 1. The zero-order chi connectivity index (χ0) is 13.2. The van der Waals surface area contributed by atoms with Crippen molar-refractivity contribution in [3.05, 3.63) is 40.7 Å². The summed E-state index contributed by atoms with van der Waals surface area (Å²) in [5.74, 6) is 0. The largest absolute Gasteiger partial charge is 0.379 e. The number of hydrogen-bond acceptors (Lipinski definition) is 4. The van der Waals surface area contributed by atoms with Crippen molar-refractivity contribution in [2.24, 2.45) is 7.05 Å². The topological polar surface area (TPSA) is 46.5 Å². The molecule has 0 amide bonds. The molecule has 100 valence electrons. The minimum Gasteiger partial charge on any atom is -0.379 e. The van der Waals surface area contributed by atoms with Crippen LogP contribution in [-0.2, 0) is 11.8 Å². The number of nitrogens with one attached hydrogen (secondary N) is 1. The minimum absolute atomic E-state index is 0.00513. The summed E-state index contributed by atoms with van der Waals surface area (Å²) < 4.78 is 6.99. The van der Waals surface area contributed by atoms with E-state index in [9.17, 15) is 4.79 Å². The number of rotatable bonds is 2. The van der Waals surface area contributed by atoms with E-state index in [4.69, 9.17) is 4.74 Å². The van der Waals surface area contributed by atoms with Gasteiger partial charge in [0.05, 0.1) is 24.4 Å². The maximum absolute atomic E-state index is 12.0. The lowest BCUT2D eigenvalue weighted by Gasteiger charge is -2.28. The number of nitrogens with zero attached hydrogens (tertiary/aromatic N) is 2. The lowest BCUT2D eigenvalue weighted by Crippen LogP contribution is -2.40. The molecule has 5 nitrogen and oxygen atoms in total. The van der Waals surface area contributed by atoms with Gasteiger partial charge in [-0.2, -0.15) is 0 Å². The summed E-state index contributed by atoms with van der Waals surface area (Å²) in [7, 11) is 1.79. The fraction of sp³-hybridized carbons (Fsp3) is 0.357. The van der Waals surface area contributed by atoms with Crippen LogP contribution in [0.3, 0.4) is 0 Å². The molecule has 1 aliphatic rings. The summed E-state index contributed by atoms with van der Waals surface area (Å²) in [4.78, 5) is 12.0. The Balaban J connectivity index is 2.03. The summed E-state index contributed by atoms with van der Waals surface area (Å²) >= 11 is 0. The van der Waals surface area contributed by atoms with Crippen LogP contribution in [0.25, 0.3) is 10.9 Å². The van der Waals surface area contributed by atoms with Crippen LogP contribution in [-0.4, -0.2) is 35.9 Å². The number of aryl methyl sites for hydroxylation is 1. The van der Waals surface area contributed by atoms with Gasteiger partial charge in [0.1, 0.15) is 0 Å². The zero-order valence-electron chi connectivity index (χ0n) is 10.9. The number of fused-ring (bicyclic) bond motifs is 1. The number of anilines is 1. The molecular weight excluding hydrogens is 242 g/mol. The molecule has 0 saturated carbocycles. The normalized spacial score (nSPS) is 16.7. The molecule has 0 radical (unpaired) electrons. The van der Waals surface area contributed by atoms with Crippen LogP contribution >= 0.6 is 0 Å². The number of para-hydroxylation sites is 1. The van der Waals surface area contributed by atoms with E-state index in [1.807, 2.05) is 24.3 Å². The van der Waals surface area contributed by atoms with Crippen LogP contribution in [0.2, 0.25) is 0 Å². The quantitative estimate of drug-likeness (QED) is 0.880. The first kappa shape index (κ1) is 12.2. The third-order valence-electron chi connectivity index (χ3n) is 3.44. The first-order valence-corrected chi connectivity index (χ1v) is 6.44. The van der Waals surface area contributed by atoms with Gasteiger partial charge in [-0.25, -0.2) is 5.01 Å². The summed E-state index contributed by atoms with van der Waals surface area (Å²) in [6, 6.07) is 9.56. The van der Waals surface area contributed by atoms with Gasteiger partial charge in [-0.3, -0.25) is 4.79 Å². The van der Waals surface area contributed by atoms with Crippen molar-refractivity contribution in [3.63, 3.8) is 0 Å². The lowest BCUT2D eigenvalue weighted by molar-refractivity contribution is 0.0497. The zero-order valence-corrected chi connectivity index (χ0v) is 10.9. The highest BCUT2D eigenvalue weighted by atomic mass is 16.5. The van der Waals surface area contributed by atoms with E-state index in [1.165, 1.54) is 0 Å². The molecule has 1 N–H and O–H groups in total. The van der Waals surface area contributed by atoms with Crippen molar-refractivity contribution in [1.29, 1.82) is 0 Å². The van der Waals surface area contributed by atoms with Gasteiger partial charge in [0.2, 0.25) is 0 Å². The van der Waals surface area contributed by atoms with Crippen LogP contribution in [0, 0.1) is 0 Å². The molecule has 1 fully saturated rings. The average molecular weight is 259 g/mol. The SMILES string of the molecule is Cn1c(=O)cc(NN2CCOCC2)c2ccccc21. The molecule has 0 bridgehead atoms. The van der Waals surface area contributed by atoms with Crippen molar-refractivity contribution < 1.29 is 4.74 Å². The molecule has 1 aromatic heterocycles. The van der Waals surface area contributed by atoms with Crippen molar-refractivity contribution in [3.8, 4) is 0 Å². The highest BCUT2D eigenvalue weighted by molar-refractivity contribution is 5.91. The number of hydrogen-bond donors (Lipinski definition) is 1. The molecule has 0 unspecified atom stereocenters. The van der Waals surface area contributed by atoms with Gasteiger partial charge in [-0.15, -0.1) is 0 Å². The van der Waals surface area contributed by atoms with Gasteiger partial charge in [-0.05, 0) is 6.07 Å². The smallest absolute Gasteiger partial charge is 0.252 e. The van der Waals surface area contributed by atoms with Crippen molar-refractivity contribution in [2.45, 2.75) is 0 Å². The molecule has 1 aromatic carbocycles. The van der Waals surface area contributed by atoms with Gasteiger partial charge in [0, 0.05) is 31.6 Å². The molecule has 1 saturated heterocycles. The van der Waals surface area contributed by atoms with Crippen LogP contribution in [0.4, 0.5) is 5.69 Å². The lowest BCUT2D eigenvalue weighted by atomic mass is 10.2. The third kappa shape index (κ3) is 2.34. The minimum atomic E-state index is -0.00513. The Morgan fingerprint density at radius 1 is 1.21 bits per heavy atom. The monoisotopic (exact) mass is 259 g/mol. The van der Waals surface area contributed by atoms with E-state index in [1.54, 1.807) is 17.7 Å². The van der Waals surface area contributed by atoms with E-state index in [0.717, 1.165) is 42.9 Å². The van der Waals surface area contributed by atoms with Gasteiger partial charge >= 0.3 is 0 Å². The number of hydrazine groups is 1. The second kappa shape index (κ2) is 5.03. The molecule has 0 aliphatic carbocycles. The van der Waals surface area contributed by atoms with Gasteiger partial charge in [0.25, 0.3) is 5.56 Å². The Hall–Kier alpha value is -1.85. The predicted molar refractivity (Wildman–Crippen MR) is 75.2 cm³/mol. The van der Waals surface area contributed by atoms with Gasteiger partial charge in [0.15, 0.2) is 0 Å². The van der Waals surface area contributed by atoms with Crippen LogP contribution in [0.5, 0.6) is 0 Å². The van der Waals surface area contributed by atoms with E-state index in [2.05, 4.69) is 10.4 Å². The van der Waals surface area contributed by atoms with Crippen molar-refractivity contribution in [1.82, 2.24) is 9.58 Å². The molecule has 2 aromatic rings. The van der Waals surface area contributed by atoms with E-state index < -0.39 is 0 Å². The molecule has 5 heteroatoms. The highest BCUT2D eigenvalue weighted by Gasteiger charge is 2.12. The Morgan fingerprint density at radius 3 is 2.74 bits per heavy atom. The molecule has 3 rings (SSSR count). The average Bonchev–Trinajstić information content (AvgIpc) is 2.46. The highest BCUT2D eigenvalue weighted by Crippen LogP contribution is 2.21. The molecule has 19 heavy (non-hydrogen) atoms. The molecule has 1 aliphatic heterocycles. The number of ether oxygens (including phenoxy) is 1. The fourth-order valence-corrected chi connectivity index (χ4v) is 2.35. The molecule has 2 heterocycles. The summed E-state index contributed by atoms with van der Waals surface area (Å²) in [6.45, 7) is 3.08. The third-order valence-corrected chi connectivity index (χ3v) is 3.44. The Morgan fingerprint density at radius 2 is 1.95 bits per heavy atom. The Kier molecular flexibility index (Phi) is 3.23. The summed E-state index contributed by atoms with van der Waals surface area (Å²) in [5.41, 5.74) is 5.12. The van der Waals surface area contributed by atoms with Gasteiger partial charge in [-0.1, -0.05) is 18.2 Å². The maximum Gasteiger partial charge on any atom is 0.252 e. The molecular formula is C14H17N3O2. The Labute approximate surface area is 111 Å². The van der Waals surface area contributed by atoms with E-state index in [0.29, 0.717) is 0 Å². The van der Waals surface area contributed by atoms with E-state index in [-0.39, 0.29) is 5.56 Å². The second-order valence-corrected chi connectivity index (χ2v) is 4.68. The Bertz CT molecular complexity index is 645. The second-order valence-electron chi connectivity index (χ2n) is 4.68. The van der Waals surface area contributed by atoms with Crippen molar-refractivity contribution >= 4 is 16.6 Å². The fourth-order valence-electron chi connectivity index (χ4n) is 2.35. The first-order chi connectivity index (χ1) is 9.25. The van der Waals surface area contributed by atoms with E-state index >= 15 is 0 Å².